The first-order valence-electron chi connectivity index (χ1n) is 7.53. The lowest BCUT2D eigenvalue weighted by atomic mass is 9.91. The zero-order chi connectivity index (χ0) is 17.2. The van der Waals surface area contributed by atoms with E-state index in [4.69, 9.17) is 4.74 Å². The molecule has 7 nitrogen and oxygen atoms in total. The Morgan fingerprint density at radius 1 is 1.43 bits per heavy atom. The molecule has 1 aromatic rings. The summed E-state index contributed by atoms with van der Waals surface area (Å²) in [6, 6.07) is 6.89. The number of benzene rings is 1. The van der Waals surface area contributed by atoms with E-state index in [1.165, 1.54) is 4.90 Å². The van der Waals surface area contributed by atoms with Gasteiger partial charge in [0.1, 0.15) is 11.7 Å². The lowest BCUT2D eigenvalue weighted by Crippen LogP contribution is -2.53. The highest BCUT2D eigenvalue weighted by atomic mass is 16.6. The van der Waals surface area contributed by atoms with Crippen LogP contribution in [0.2, 0.25) is 0 Å². The number of hydrogen-bond donors (Lipinski definition) is 1. The van der Waals surface area contributed by atoms with Crippen molar-refractivity contribution in [2.45, 2.75) is 51.5 Å². The summed E-state index contributed by atoms with van der Waals surface area (Å²) in [6.07, 6.45) is -1.45. The number of carbonyl (C=O) groups is 1. The van der Waals surface area contributed by atoms with Gasteiger partial charge in [0.05, 0.1) is 6.04 Å². The Morgan fingerprint density at radius 2 is 2.04 bits per heavy atom. The van der Waals surface area contributed by atoms with Crippen LogP contribution in [0.15, 0.2) is 24.3 Å². The van der Waals surface area contributed by atoms with Crippen LogP contribution in [0.1, 0.15) is 31.9 Å². The van der Waals surface area contributed by atoms with E-state index in [0.717, 1.165) is 11.1 Å². The highest BCUT2D eigenvalue weighted by molar-refractivity contribution is 5.69. The summed E-state index contributed by atoms with van der Waals surface area (Å²) in [4.78, 5) is 24.0. The molecule has 1 N–H and O–H groups in total. The fourth-order valence-corrected chi connectivity index (χ4v) is 2.69. The summed E-state index contributed by atoms with van der Waals surface area (Å²) >= 11 is 0. The zero-order valence-corrected chi connectivity index (χ0v) is 13.6. The molecule has 0 saturated carbocycles. The largest absolute Gasteiger partial charge is 0.444 e. The molecule has 1 amide bonds. The fraction of sp³-hybridized carbons (Fsp3) is 0.562. The molecule has 0 bridgehead atoms. The Kier molecular flexibility index (Phi) is 4.89. The maximum atomic E-state index is 12.4. The van der Waals surface area contributed by atoms with Gasteiger partial charge in [0.25, 0.3) is 0 Å². The van der Waals surface area contributed by atoms with Gasteiger partial charge in [0.2, 0.25) is 6.54 Å². The Hall–Kier alpha value is -2.15. The van der Waals surface area contributed by atoms with Crippen LogP contribution in [0.5, 0.6) is 0 Å². The summed E-state index contributed by atoms with van der Waals surface area (Å²) < 4.78 is 5.38. The molecule has 7 heteroatoms. The Morgan fingerprint density at radius 3 is 2.61 bits per heavy atom. The molecule has 23 heavy (non-hydrogen) atoms. The van der Waals surface area contributed by atoms with Gasteiger partial charge in [0, 0.05) is 11.5 Å². The third kappa shape index (κ3) is 4.41. The summed E-state index contributed by atoms with van der Waals surface area (Å²) in [6.45, 7) is 4.93. The van der Waals surface area contributed by atoms with Crippen molar-refractivity contribution in [1.29, 1.82) is 0 Å². The maximum Gasteiger partial charge on any atom is 0.410 e. The van der Waals surface area contributed by atoms with E-state index < -0.39 is 35.3 Å². The van der Waals surface area contributed by atoms with Crippen LogP contribution in [0.3, 0.4) is 0 Å². The highest BCUT2D eigenvalue weighted by Gasteiger charge is 2.38. The van der Waals surface area contributed by atoms with Gasteiger partial charge in [-0.05, 0) is 38.3 Å². The van der Waals surface area contributed by atoms with Gasteiger partial charge in [0.15, 0.2) is 0 Å². The third-order valence-electron chi connectivity index (χ3n) is 3.70. The third-order valence-corrected chi connectivity index (χ3v) is 3.70. The van der Waals surface area contributed by atoms with Gasteiger partial charge in [-0.25, -0.2) is 4.79 Å². The smallest absolute Gasteiger partial charge is 0.410 e. The van der Waals surface area contributed by atoms with Gasteiger partial charge in [-0.1, -0.05) is 24.3 Å². The Labute approximate surface area is 135 Å². The van der Waals surface area contributed by atoms with Crippen LogP contribution in [-0.2, 0) is 17.7 Å². The van der Waals surface area contributed by atoms with Crippen LogP contribution in [0, 0.1) is 10.1 Å². The number of carbonyl (C=O) groups excluding carboxylic acids is 1. The minimum Gasteiger partial charge on any atom is -0.444 e. The van der Waals surface area contributed by atoms with Crippen molar-refractivity contribution in [3.05, 3.63) is 45.5 Å². The van der Waals surface area contributed by atoms with Gasteiger partial charge in [-0.2, -0.15) is 0 Å². The van der Waals surface area contributed by atoms with Crippen molar-refractivity contribution in [3.8, 4) is 0 Å². The fourth-order valence-electron chi connectivity index (χ4n) is 2.69. The average Bonchev–Trinajstić information content (AvgIpc) is 2.43. The van der Waals surface area contributed by atoms with E-state index in [0.29, 0.717) is 6.42 Å². The van der Waals surface area contributed by atoms with Crippen LogP contribution in [0.25, 0.3) is 0 Å². The first kappa shape index (κ1) is 17.2. The second-order valence-corrected chi connectivity index (χ2v) is 6.73. The number of rotatable bonds is 3. The van der Waals surface area contributed by atoms with Crippen molar-refractivity contribution in [3.63, 3.8) is 0 Å². The SMILES string of the molecule is CC(C)(C)OC(=O)N1Cc2ccccc2C[C@H]1[C@@H](O)C[N+](=O)[O-]. The molecule has 0 aliphatic carbocycles. The van der Waals surface area contributed by atoms with Gasteiger partial charge >= 0.3 is 6.09 Å². The summed E-state index contributed by atoms with van der Waals surface area (Å²) in [5, 5.41) is 20.9. The molecular formula is C16H22N2O5. The number of aliphatic hydroxyl groups excluding tert-OH is 1. The minimum absolute atomic E-state index is 0.268. The van der Waals surface area contributed by atoms with E-state index in [2.05, 4.69) is 0 Å². The lowest BCUT2D eigenvalue weighted by Gasteiger charge is -2.39. The molecule has 0 aromatic heterocycles. The molecule has 1 aromatic carbocycles. The van der Waals surface area contributed by atoms with E-state index >= 15 is 0 Å². The van der Waals surface area contributed by atoms with Gasteiger partial charge in [-0.15, -0.1) is 0 Å². The van der Waals surface area contributed by atoms with Crippen LogP contribution >= 0.6 is 0 Å². The molecule has 1 aliphatic heterocycles. The number of nitro groups is 1. The molecule has 2 rings (SSSR count). The van der Waals surface area contributed by atoms with Crippen LogP contribution in [-0.4, -0.2) is 45.3 Å². The van der Waals surface area contributed by atoms with E-state index in [1.54, 1.807) is 20.8 Å². The first-order chi connectivity index (χ1) is 10.7. The van der Waals surface area contributed by atoms with Crippen molar-refractivity contribution >= 4 is 6.09 Å². The minimum atomic E-state index is -1.24. The molecule has 1 aliphatic rings. The van der Waals surface area contributed by atoms with Crippen LogP contribution < -0.4 is 0 Å². The molecular weight excluding hydrogens is 300 g/mol. The van der Waals surface area contributed by atoms with E-state index in [9.17, 15) is 20.0 Å². The first-order valence-corrected chi connectivity index (χ1v) is 7.53. The molecule has 0 saturated heterocycles. The second kappa shape index (κ2) is 6.54. The van der Waals surface area contributed by atoms with E-state index in [-0.39, 0.29) is 6.54 Å². The van der Waals surface area contributed by atoms with Crippen molar-refractivity contribution < 1.29 is 19.6 Å². The number of aliphatic hydroxyl groups is 1. The van der Waals surface area contributed by atoms with Crippen molar-refractivity contribution in [1.82, 2.24) is 4.90 Å². The van der Waals surface area contributed by atoms with Crippen molar-refractivity contribution in [2.75, 3.05) is 6.54 Å². The number of nitrogens with zero attached hydrogens (tertiary/aromatic N) is 2. The standard InChI is InChI=1S/C16H22N2O5/c1-16(2,3)23-15(20)17-9-12-7-5-4-6-11(12)8-13(17)14(19)10-18(21)22/h4-7,13-14,19H,8-10H2,1-3H3/t13-,14-/m0/s1. The number of ether oxygens (including phenoxy) is 1. The monoisotopic (exact) mass is 322 g/mol. The van der Waals surface area contributed by atoms with Gasteiger partial charge in [-0.3, -0.25) is 15.0 Å². The normalized spacial score (nSPS) is 19.0. The topological polar surface area (TPSA) is 92.9 Å². The summed E-state index contributed by atoms with van der Waals surface area (Å²) in [5.74, 6) is 0. The predicted molar refractivity (Wildman–Crippen MR) is 83.6 cm³/mol. The second-order valence-electron chi connectivity index (χ2n) is 6.73. The molecule has 0 radical (unpaired) electrons. The number of fused-ring (bicyclic) bond motifs is 1. The van der Waals surface area contributed by atoms with Crippen molar-refractivity contribution in [2.24, 2.45) is 0 Å². The average molecular weight is 322 g/mol. The number of hydrogen-bond acceptors (Lipinski definition) is 5. The van der Waals surface area contributed by atoms with E-state index in [1.807, 2.05) is 24.3 Å². The van der Waals surface area contributed by atoms with Gasteiger partial charge < -0.3 is 9.84 Å². The molecule has 2 atom stereocenters. The van der Waals surface area contributed by atoms with Crippen LogP contribution in [0.4, 0.5) is 4.79 Å². The lowest BCUT2D eigenvalue weighted by molar-refractivity contribution is -0.491. The Bertz CT molecular complexity index is 596. The Balaban J connectivity index is 2.27. The quantitative estimate of drug-likeness (QED) is 0.678. The summed E-state index contributed by atoms with van der Waals surface area (Å²) in [7, 11) is 0. The highest BCUT2D eigenvalue weighted by Crippen LogP contribution is 2.27. The molecule has 0 fully saturated rings. The number of amides is 1. The molecule has 1 heterocycles. The predicted octanol–water partition coefficient (Wildman–Crippen LogP) is 1.99. The maximum absolute atomic E-state index is 12.4. The zero-order valence-electron chi connectivity index (χ0n) is 13.6. The molecule has 0 unspecified atom stereocenters. The molecule has 126 valence electrons. The molecule has 0 spiro atoms. The summed E-state index contributed by atoms with van der Waals surface area (Å²) in [5.41, 5.74) is 1.27.